The monoisotopic (exact) mass is 372 g/mol. The van der Waals surface area contributed by atoms with E-state index >= 15 is 4.39 Å². The predicted molar refractivity (Wildman–Crippen MR) is 89.0 cm³/mol. The summed E-state index contributed by atoms with van der Waals surface area (Å²) in [7, 11) is 1.00. The fourth-order valence-corrected chi connectivity index (χ4v) is 2.47. The fraction of sp³-hybridized carbons (Fsp3) is 0.765. The number of hydrogen-bond acceptors (Lipinski definition) is 6. The summed E-state index contributed by atoms with van der Waals surface area (Å²) < 4.78 is 30.1. The lowest BCUT2D eigenvalue weighted by molar-refractivity contribution is -0.150. The molecule has 0 aromatic rings. The number of carbonyl (C=O) groups is 3. The molecule has 1 fully saturated rings. The van der Waals surface area contributed by atoms with Crippen molar-refractivity contribution in [2.24, 2.45) is 0 Å². The Labute approximate surface area is 152 Å². The second kappa shape index (κ2) is 6.74. The highest BCUT2D eigenvalue weighted by molar-refractivity contribution is 6.00. The Morgan fingerprint density at radius 1 is 1.08 bits per heavy atom. The molecule has 2 amide bonds. The summed E-state index contributed by atoms with van der Waals surface area (Å²) >= 11 is 0. The molecule has 9 heteroatoms. The van der Waals surface area contributed by atoms with Crippen LogP contribution in [0.15, 0.2) is 0 Å². The van der Waals surface area contributed by atoms with Gasteiger partial charge in [0, 0.05) is 6.42 Å². The number of esters is 1. The number of alkyl halides is 1. The first-order chi connectivity index (χ1) is 11.6. The van der Waals surface area contributed by atoms with Crippen molar-refractivity contribution in [3.05, 3.63) is 11.4 Å². The van der Waals surface area contributed by atoms with Gasteiger partial charge in [0.05, 0.1) is 7.11 Å². The number of ether oxygens (including phenoxy) is 3. The summed E-state index contributed by atoms with van der Waals surface area (Å²) in [5, 5.41) is 0. The lowest BCUT2D eigenvalue weighted by atomic mass is 10.1. The van der Waals surface area contributed by atoms with Crippen LogP contribution in [0.25, 0.3) is 4.85 Å². The third-order valence-electron chi connectivity index (χ3n) is 3.54. The second-order valence-electron chi connectivity index (χ2n) is 8.11. The normalized spacial score (nSPS) is 24.9. The Balaban J connectivity index is 3.42. The van der Waals surface area contributed by atoms with Gasteiger partial charge < -0.3 is 19.1 Å². The smallest absolute Gasteiger partial charge is 0.421 e. The number of amides is 2. The Kier molecular flexibility index (Phi) is 5.62. The molecule has 2 atom stereocenters. The molecule has 1 saturated carbocycles. The third-order valence-corrected chi connectivity index (χ3v) is 3.54. The number of nitrogens with zero attached hydrogens (tertiary/aromatic N) is 2. The van der Waals surface area contributed by atoms with E-state index in [1.54, 1.807) is 41.5 Å². The van der Waals surface area contributed by atoms with Gasteiger partial charge in [-0.15, -0.1) is 0 Å². The Hall–Kier alpha value is -2.37. The van der Waals surface area contributed by atoms with Crippen molar-refractivity contribution in [3.63, 3.8) is 0 Å². The third kappa shape index (κ3) is 4.23. The van der Waals surface area contributed by atoms with Crippen molar-refractivity contribution in [3.8, 4) is 0 Å². The zero-order valence-corrected chi connectivity index (χ0v) is 16.1. The lowest BCUT2D eigenvalue weighted by Crippen LogP contribution is -2.57. The van der Waals surface area contributed by atoms with Gasteiger partial charge in [0.15, 0.2) is 5.54 Å². The maximum atomic E-state index is 15.1. The van der Waals surface area contributed by atoms with Gasteiger partial charge in [0.25, 0.3) is 6.54 Å². The average molecular weight is 372 g/mol. The Bertz CT molecular complexity index is 617. The predicted octanol–water partition coefficient (Wildman–Crippen LogP) is 3.10. The summed E-state index contributed by atoms with van der Waals surface area (Å²) in [6, 6.07) is 0. The lowest BCUT2D eigenvalue weighted by Gasteiger charge is -2.33. The zero-order valence-electron chi connectivity index (χ0n) is 16.1. The van der Waals surface area contributed by atoms with Crippen LogP contribution in [0.2, 0.25) is 0 Å². The van der Waals surface area contributed by atoms with Crippen molar-refractivity contribution in [1.82, 2.24) is 4.90 Å². The molecule has 0 bridgehead atoms. The second-order valence-corrected chi connectivity index (χ2v) is 8.11. The summed E-state index contributed by atoms with van der Waals surface area (Å²) in [4.78, 5) is 40.9. The van der Waals surface area contributed by atoms with E-state index in [9.17, 15) is 14.4 Å². The molecule has 146 valence electrons. The summed E-state index contributed by atoms with van der Waals surface area (Å²) in [6.07, 6.45) is -3.06. The Morgan fingerprint density at radius 3 is 1.81 bits per heavy atom. The highest BCUT2D eigenvalue weighted by atomic mass is 19.1. The molecule has 0 aromatic carbocycles. The molecule has 1 aliphatic rings. The molecule has 1 rings (SSSR count). The molecule has 0 aromatic heterocycles. The number of carbonyl (C=O) groups excluding carboxylic acids is 3. The van der Waals surface area contributed by atoms with Crippen LogP contribution in [0.5, 0.6) is 0 Å². The van der Waals surface area contributed by atoms with Gasteiger partial charge in [-0.25, -0.2) is 25.3 Å². The van der Waals surface area contributed by atoms with Crippen LogP contribution in [0.4, 0.5) is 14.0 Å². The highest BCUT2D eigenvalue weighted by Crippen LogP contribution is 2.57. The minimum Gasteiger partial charge on any atom is -0.467 e. The first kappa shape index (κ1) is 21.7. The number of methoxy groups -OCH3 is 1. The summed E-state index contributed by atoms with van der Waals surface area (Å²) in [6.45, 7) is 15.5. The first-order valence-corrected chi connectivity index (χ1v) is 8.00. The van der Waals surface area contributed by atoms with Crippen molar-refractivity contribution in [2.45, 2.75) is 70.4 Å². The van der Waals surface area contributed by atoms with Crippen LogP contribution >= 0.6 is 0 Å². The molecule has 0 aliphatic heterocycles. The fourth-order valence-electron chi connectivity index (χ4n) is 2.47. The molecule has 8 nitrogen and oxygen atoms in total. The average Bonchev–Trinajstić information content (AvgIpc) is 3.00. The molecule has 0 unspecified atom stereocenters. The van der Waals surface area contributed by atoms with Crippen LogP contribution in [-0.4, -0.2) is 59.1 Å². The van der Waals surface area contributed by atoms with Crippen LogP contribution in [0.1, 0.15) is 48.0 Å². The maximum Gasteiger partial charge on any atom is 0.421 e. The van der Waals surface area contributed by atoms with Gasteiger partial charge >= 0.3 is 18.2 Å². The van der Waals surface area contributed by atoms with E-state index in [-0.39, 0.29) is 0 Å². The van der Waals surface area contributed by atoms with E-state index < -0.39 is 53.5 Å². The van der Waals surface area contributed by atoms with Crippen LogP contribution < -0.4 is 0 Å². The van der Waals surface area contributed by atoms with Crippen molar-refractivity contribution >= 4 is 18.2 Å². The molecular formula is C17H25FN2O6. The summed E-state index contributed by atoms with van der Waals surface area (Å²) in [5.74, 6) is -1.15. The standard InChI is InChI=1S/C17H25FN2O6/c1-14(2,3)25-12(22)20(13(23)26-15(4,5)6)17(11(21)24-8)9-16(17,18)10-19-7/h9-10H2,1-6,8H3/t16-,17+/m1/s1. The van der Waals surface area contributed by atoms with Gasteiger partial charge in [-0.2, -0.15) is 4.90 Å². The van der Waals surface area contributed by atoms with E-state index in [1.165, 1.54) is 0 Å². The van der Waals surface area contributed by atoms with E-state index in [0.717, 1.165) is 7.11 Å². The number of halogens is 1. The molecular weight excluding hydrogens is 347 g/mol. The summed E-state index contributed by atoms with van der Waals surface area (Å²) in [5.41, 5.74) is -6.75. The largest absolute Gasteiger partial charge is 0.467 e. The molecule has 0 N–H and O–H groups in total. The van der Waals surface area contributed by atoms with Crippen LogP contribution in [-0.2, 0) is 19.0 Å². The molecule has 1 aliphatic carbocycles. The van der Waals surface area contributed by atoms with E-state index in [4.69, 9.17) is 16.0 Å². The SMILES string of the molecule is [C-]#[N+]C[C@]1(F)C[C@@]1(C(=O)OC)N(C(=O)OC(C)(C)C)C(=O)OC(C)(C)C. The highest BCUT2D eigenvalue weighted by Gasteiger charge is 2.83. The van der Waals surface area contributed by atoms with Gasteiger partial charge in [-0.05, 0) is 41.5 Å². The minimum atomic E-state index is -2.43. The van der Waals surface area contributed by atoms with E-state index in [2.05, 4.69) is 9.58 Å². The molecule has 26 heavy (non-hydrogen) atoms. The molecule has 0 radical (unpaired) electrons. The van der Waals surface area contributed by atoms with Gasteiger partial charge in [-0.1, -0.05) is 0 Å². The van der Waals surface area contributed by atoms with Gasteiger partial charge in [0.2, 0.25) is 5.67 Å². The van der Waals surface area contributed by atoms with Crippen molar-refractivity contribution in [1.29, 1.82) is 0 Å². The number of hydrogen-bond donors (Lipinski definition) is 0. The maximum absolute atomic E-state index is 15.1. The van der Waals surface area contributed by atoms with Crippen LogP contribution in [0.3, 0.4) is 0 Å². The molecule has 0 spiro atoms. The quantitative estimate of drug-likeness (QED) is 0.430. The van der Waals surface area contributed by atoms with E-state index in [1.807, 2.05) is 0 Å². The van der Waals surface area contributed by atoms with Crippen molar-refractivity contribution < 1.29 is 33.0 Å². The molecule has 0 heterocycles. The number of imide groups is 1. The number of rotatable bonds is 3. The molecule has 0 saturated heterocycles. The van der Waals surface area contributed by atoms with Crippen molar-refractivity contribution in [2.75, 3.05) is 13.7 Å². The first-order valence-electron chi connectivity index (χ1n) is 8.00. The Morgan fingerprint density at radius 2 is 1.50 bits per heavy atom. The topological polar surface area (TPSA) is 86.5 Å². The minimum absolute atomic E-state index is 0.306. The van der Waals surface area contributed by atoms with Gasteiger partial charge in [-0.3, -0.25) is 0 Å². The zero-order chi connectivity index (χ0) is 20.6. The van der Waals surface area contributed by atoms with E-state index in [0.29, 0.717) is 4.90 Å². The van der Waals surface area contributed by atoms with Gasteiger partial charge in [0.1, 0.15) is 11.2 Å². The van der Waals surface area contributed by atoms with Crippen LogP contribution in [0, 0.1) is 6.57 Å².